The third kappa shape index (κ3) is 4.07. The number of aliphatic imine (C=N–C) groups is 1. The summed E-state index contributed by atoms with van der Waals surface area (Å²) in [6.45, 7) is 6.80. The fourth-order valence-corrected chi connectivity index (χ4v) is 2.63. The van der Waals surface area contributed by atoms with Gasteiger partial charge in [-0.05, 0) is 51.1 Å². The SMILES string of the molecule is CCN=C(C)/C=C(\C)Nc1nc(-c2cccnc2)nc2ccccc12. The van der Waals surface area contributed by atoms with Gasteiger partial charge in [0.1, 0.15) is 5.82 Å². The molecule has 2 aromatic heterocycles. The van der Waals surface area contributed by atoms with Gasteiger partial charge < -0.3 is 5.32 Å². The maximum Gasteiger partial charge on any atom is 0.163 e. The molecule has 0 fully saturated rings. The van der Waals surface area contributed by atoms with Gasteiger partial charge in [-0.2, -0.15) is 0 Å². The van der Waals surface area contributed by atoms with E-state index in [1.807, 2.05) is 63.2 Å². The largest absolute Gasteiger partial charge is 0.343 e. The van der Waals surface area contributed by atoms with Gasteiger partial charge in [-0.25, -0.2) is 9.97 Å². The van der Waals surface area contributed by atoms with E-state index in [9.17, 15) is 0 Å². The number of aromatic nitrogens is 3. The molecule has 0 atom stereocenters. The van der Waals surface area contributed by atoms with E-state index in [0.29, 0.717) is 5.82 Å². The second kappa shape index (κ2) is 7.66. The standard InChI is InChI=1S/C20H21N5/c1-4-22-14(2)12-15(3)23-20-17-9-5-6-10-18(17)24-19(25-20)16-8-7-11-21-13-16/h5-13H,4H2,1-3H3,(H,23,24,25)/b15-12+,22-14?. The Morgan fingerprint density at radius 2 is 1.96 bits per heavy atom. The van der Waals surface area contributed by atoms with E-state index in [4.69, 9.17) is 4.98 Å². The maximum absolute atomic E-state index is 4.72. The number of rotatable bonds is 5. The third-order valence-electron chi connectivity index (χ3n) is 3.67. The monoisotopic (exact) mass is 331 g/mol. The van der Waals surface area contributed by atoms with Gasteiger partial charge in [-0.1, -0.05) is 12.1 Å². The summed E-state index contributed by atoms with van der Waals surface area (Å²) in [5.41, 5.74) is 3.75. The number of fused-ring (bicyclic) bond motifs is 1. The van der Waals surface area contributed by atoms with Crippen LogP contribution in [-0.2, 0) is 0 Å². The van der Waals surface area contributed by atoms with Gasteiger partial charge in [0, 0.05) is 41.3 Å². The van der Waals surface area contributed by atoms with E-state index in [-0.39, 0.29) is 0 Å². The topological polar surface area (TPSA) is 63.1 Å². The summed E-state index contributed by atoms with van der Waals surface area (Å²) in [4.78, 5) is 17.9. The highest BCUT2D eigenvalue weighted by Crippen LogP contribution is 2.25. The summed E-state index contributed by atoms with van der Waals surface area (Å²) in [5.74, 6) is 1.43. The van der Waals surface area contributed by atoms with Crippen LogP contribution in [0.15, 0.2) is 65.6 Å². The van der Waals surface area contributed by atoms with Crippen molar-refractivity contribution in [2.24, 2.45) is 4.99 Å². The number of anilines is 1. The highest BCUT2D eigenvalue weighted by atomic mass is 15.0. The van der Waals surface area contributed by atoms with Gasteiger partial charge in [-0.3, -0.25) is 9.98 Å². The zero-order valence-corrected chi connectivity index (χ0v) is 14.7. The molecule has 0 amide bonds. The molecule has 0 saturated carbocycles. The molecule has 0 saturated heterocycles. The average Bonchev–Trinajstić information content (AvgIpc) is 2.62. The van der Waals surface area contributed by atoms with Crippen LogP contribution in [0, 0.1) is 0 Å². The van der Waals surface area contributed by atoms with E-state index in [1.165, 1.54) is 0 Å². The lowest BCUT2D eigenvalue weighted by Gasteiger charge is -2.11. The van der Waals surface area contributed by atoms with Crippen LogP contribution >= 0.6 is 0 Å². The van der Waals surface area contributed by atoms with Gasteiger partial charge >= 0.3 is 0 Å². The highest BCUT2D eigenvalue weighted by Gasteiger charge is 2.09. The molecular formula is C20H21N5. The summed E-state index contributed by atoms with van der Waals surface area (Å²) >= 11 is 0. The summed E-state index contributed by atoms with van der Waals surface area (Å²) in [5, 5.41) is 4.37. The number of para-hydroxylation sites is 1. The first-order chi connectivity index (χ1) is 12.2. The molecule has 25 heavy (non-hydrogen) atoms. The Bertz CT molecular complexity index is 929. The second-order valence-corrected chi connectivity index (χ2v) is 5.72. The molecule has 1 N–H and O–H groups in total. The summed E-state index contributed by atoms with van der Waals surface area (Å²) in [6, 6.07) is 11.8. The Hall–Kier alpha value is -3.08. The molecule has 0 unspecified atom stereocenters. The minimum Gasteiger partial charge on any atom is -0.343 e. The number of allylic oxidation sites excluding steroid dienone is 2. The number of benzene rings is 1. The van der Waals surface area contributed by atoms with Crippen molar-refractivity contribution in [1.82, 2.24) is 15.0 Å². The van der Waals surface area contributed by atoms with Crippen molar-refractivity contribution >= 4 is 22.4 Å². The van der Waals surface area contributed by atoms with Crippen LogP contribution in [0.25, 0.3) is 22.3 Å². The fourth-order valence-electron chi connectivity index (χ4n) is 2.63. The van der Waals surface area contributed by atoms with Crippen molar-refractivity contribution < 1.29 is 0 Å². The van der Waals surface area contributed by atoms with Crippen molar-refractivity contribution in [3.05, 3.63) is 60.6 Å². The molecule has 3 aromatic rings. The van der Waals surface area contributed by atoms with E-state index in [0.717, 1.165) is 40.2 Å². The summed E-state index contributed by atoms with van der Waals surface area (Å²) in [6.07, 6.45) is 5.53. The summed E-state index contributed by atoms with van der Waals surface area (Å²) in [7, 11) is 0. The first-order valence-electron chi connectivity index (χ1n) is 8.31. The molecule has 0 aliphatic heterocycles. The van der Waals surface area contributed by atoms with Crippen LogP contribution in [0.1, 0.15) is 20.8 Å². The molecule has 0 bridgehead atoms. The van der Waals surface area contributed by atoms with Crippen molar-refractivity contribution in [2.75, 3.05) is 11.9 Å². The Morgan fingerprint density at radius 1 is 1.12 bits per heavy atom. The van der Waals surface area contributed by atoms with Crippen LogP contribution in [0.4, 0.5) is 5.82 Å². The minimum absolute atomic E-state index is 0.654. The summed E-state index contributed by atoms with van der Waals surface area (Å²) < 4.78 is 0. The molecular weight excluding hydrogens is 310 g/mol. The zero-order chi connectivity index (χ0) is 17.6. The number of hydrogen-bond acceptors (Lipinski definition) is 5. The van der Waals surface area contributed by atoms with Crippen molar-refractivity contribution in [1.29, 1.82) is 0 Å². The zero-order valence-electron chi connectivity index (χ0n) is 14.7. The highest BCUT2D eigenvalue weighted by molar-refractivity contribution is 5.95. The first-order valence-corrected chi connectivity index (χ1v) is 8.31. The molecule has 2 heterocycles. The Balaban J connectivity index is 2.06. The Morgan fingerprint density at radius 3 is 2.72 bits per heavy atom. The van der Waals surface area contributed by atoms with Crippen LogP contribution < -0.4 is 5.32 Å². The number of hydrogen-bond donors (Lipinski definition) is 1. The Kier molecular flexibility index (Phi) is 5.14. The van der Waals surface area contributed by atoms with Crippen LogP contribution in [0.5, 0.6) is 0 Å². The predicted octanol–water partition coefficient (Wildman–Crippen LogP) is 4.49. The molecule has 1 aromatic carbocycles. The second-order valence-electron chi connectivity index (χ2n) is 5.72. The molecule has 5 heteroatoms. The lowest BCUT2D eigenvalue weighted by molar-refractivity contribution is 1.13. The van der Waals surface area contributed by atoms with Gasteiger partial charge in [0.05, 0.1) is 5.52 Å². The quantitative estimate of drug-likeness (QED) is 0.700. The molecule has 0 radical (unpaired) electrons. The minimum atomic E-state index is 0.654. The molecule has 0 aliphatic rings. The average molecular weight is 331 g/mol. The molecule has 0 spiro atoms. The van der Waals surface area contributed by atoms with E-state index < -0.39 is 0 Å². The smallest absolute Gasteiger partial charge is 0.163 e. The Labute approximate surface area is 147 Å². The fraction of sp³-hybridized carbons (Fsp3) is 0.200. The van der Waals surface area contributed by atoms with Crippen molar-refractivity contribution in [3.63, 3.8) is 0 Å². The predicted molar refractivity (Wildman–Crippen MR) is 104 cm³/mol. The number of pyridine rings is 1. The number of nitrogens with one attached hydrogen (secondary N) is 1. The van der Waals surface area contributed by atoms with Crippen LogP contribution in [0.3, 0.4) is 0 Å². The lowest BCUT2D eigenvalue weighted by atomic mass is 10.2. The van der Waals surface area contributed by atoms with Gasteiger partial charge in [-0.15, -0.1) is 0 Å². The first kappa shape index (κ1) is 16.8. The normalized spacial score (nSPS) is 12.4. The van der Waals surface area contributed by atoms with E-state index in [1.54, 1.807) is 12.4 Å². The lowest BCUT2D eigenvalue weighted by Crippen LogP contribution is -2.04. The van der Waals surface area contributed by atoms with Crippen LogP contribution in [0.2, 0.25) is 0 Å². The van der Waals surface area contributed by atoms with Crippen molar-refractivity contribution in [2.45, 2.75) is 20.8 Å². The molecule has 0 aliphatic carbocycles. The van der Waals surface area contributed by atoms with Gasteiger partial charge in [0.15, 0.2) is 5.82 Å². The van der Waals surface area contributed by atoms with Crippen molar-refractivity contribution in [3.8, 4) is 11.4 Å². The van der Waals surface area contributed by atoms with Gasteiger partial charge in [0.25, 0.3) is 0 Å². The van der Waals surface area contributed by atoms with Crippen LogP contribution in [-0.4, -0.2) is 27.2 Å². The number of nitrogens with zero attached hydrogens (tertiary/aromatic N) is 4. The molecule has 3 rings (SSSR count). The van der Waals surface area contributed by atoms with Gasteiger partial charge in [0.2, 0.25) is 0 Å². The maximum atomic E-state index is 4.72. The third-order valence-corrected chi connectivity index (χ3v) is 3.67. The molecule has 5 nitrogen and oxygen atoms in total. The molecule has 126 valence electrons. The van der Waals surface area contributed by atoms with E-state index in [2.05, 4.69) is 20.3 Å². The van der Waals surface area contributed by atoms with E-state index >= 15 is 0 Å².